The fourth-order valence-electron chi connectivity index (χ4n) is 4.06. The van der Waals surface area contributed by atoms with Crippen LogP contribution in [0.3, 0.4) is 0 Å². The summed E-state index contributed by atoms with van der Waals surface area (Å²) in [6.07, 6.45) is 0. The molecule has 0 saturated heterocycles. The van der Waals surface area contributed by atoms with E-state index in [4.69, 9.17) is 11.6 Å². The lowest BCUT2D eigenvalue weighted by atomic mass is 9.82. The van der Waals surface area contributed by atoms with Gasteiger partial charge in [0, 0.05) is 27.9 Å². The van der Waals surface area contributed by atoms with Crippen molar-refractivity contribution in [3.63, 3.8) is 0 Å². The molecule has 0 spiro atoms. The molecule has 7 heteroatoms. The summed E-state index contributed by atoms with van der Waals surface area (Å²) < 4.78 is 0. The number of hydrogen-bond donors (Lipinski definition) is 2. The second-order valence-corrected chi connectivity index (χ2v) is 8.25. The summed E-state index contributed by atoms with van der Waals surface area (Å²) in [5.41, 5.74) is 2.86. The van der Waals surface area contributed by atoms with E-state index in [1.54, 1.807) is 36.4 Å². The lowest BCUT2D eigenvalue weighted by molar-refractivity contribution is 0.0979. The Morgan fingerprint density at radius 3 is 1.71 bits per heavy atom. The second kappa shape index (κ2) is 9.00. The molecule has 35 heavy (non-hydrogen) atoms. The van der Waals surface area contributed by atoms with Crippen LogP contribution in [0.4, 0.5) is 17.1 Å². The van der Waals surface area contributed by atoms with Crippen LogP contribution in [0.5, 0.6) is 0 Å². The molecule has 0 saturated carbocycles. The molecule has 4 aromatic carbocycles. The minimum Gasteiger partial charge on any atom is -0.355 e. The molecule has 0 aromatic heterocycles. The molecule has 0 radical (unpaired) electrons. The molecule has 170 valence electrons. The maximum absolute atomic E-state index is 13.5. The first-order valence-electron chi connectivity index (χ1n) is 10.7. The topological polar surface area (TPSA) is 92.3 Å². The highest BCUT2D eigenvalue weighted by atomic mass is 35.5. The van der Waals surface area contributed by atoms with Gasteiger partial charge in [0.05, 0.1) is 22.5 Å². The van der Waals surface area contributed by atoms with E-state index in [0.717, 1.165) is 5.69 Å². The molecule has 1 aliphatic rings. The first-order chi connectivity index (χ1) is 16.9. The van der Waals surface area contributed by atoms with Gasteiger partial charge in [0.25, 0.3) is 11.1 Å². The Morgan fingerprint density at radius 1 is 0.600 bits per heavy atom. The van der Waals surface area contributed by atoms with E-state index in [2.05, 4.69) is 10.6 Å². The molecule has 1 aliphatic carbocycles. The maximum atomic E-state index is 13.5. The molecule has 4 aromatic rings. The van der Waals surface area contributed by atoms with Crippen LogP contribution in [0, 0.1) is 0 Å². The molecule has 5 rings (SSSR count). The van der Waals surface area contributed by atoms with Gasteiger partial charge in [0.15, 0.2) is 11.6 Å². The smallest absolute Gasteiger partial charge is 0.255 e. The van der Waals surface area contributed by atoms with Crippen LogP contribution < -0.4 is 10.6 Å². The third-order valence-corrected chi connectivity index (χ3v) is 5.97. The molecule has 0 atom stereocenters. The van der Waals surface area contributed by atoms with Gasteiger partial charge < -0.3 is 10.6 Å². The number of fused-ring (bicyclic) bond motifs is 2. The van der Waals surface area contributed by atoms with Crippen molar-refractivity contribution in [1.82, 2.24) is 0 Å². The van der Waals surface area contributed by atoms with E-state index in [0.29, 0.717) is 11.3 Å². The van der Waals surface area contributed by atoms with Gasteiger partial charge in [-0.3, -0.25) is 19.2 Å². The minimum atomic E-state index is -0.629. The number of halogens is 1. The average molecular weight is 481 g/mol. The zero-order valence-corrected chi connectivity index (χ0v) is 18.9. The summed E-state index contributed by atoms with van der Waals surface area (Å²) >= 11 is 5.47. The van der Waals surface area contributed by atoms with Crippen molar-refractivity contribution in [3.05, 3.63) is 124 Å². The normalized spacial score (nSPS) is 11.9. The van der Waals surface area contributed by atoms with Gasteiger partial charge in [-0.15, -0.1) is 0 Å². The van der Waals surface area contributed by atoms with Crippen molar-refractivity contribution in [2.45, 2.75) is 0 Å². The molecule has 6 nitrogen and oxygen atoms in total. The number of carbonyl (C=O) groups is 4. The highest BCUT2D eigenvalue weighted by Gasteiger charge is 2.34. The van der Waals surface area contributed by atoms with E-state index in [1.807, 2.05) is 30.3 Å². The van der Waals surface area contributed by atoms with E-state index in [9.17, 15) is 19.2 Å². The molecule has 0 unspecified atom stereocenters. The summed E-state index contributed by atoms with van der Waals surface area (Å²) in [4.78, 5) is 51.3. The number of para-hydroxylation sites is 1. The van der Waals surface area contributed by atoms with Crippen LogP contribution in [0.2, 0.25) is 0 Å². The van der Waals surface area contributed by atoms with E-state index < -0.39 is 11.1 Å². The van der Waals surface area contributed by atoms with Gasteiger partial charge in [0.1, 0.15) is 0 Å². The Bertz CT molecular complexity index is 1510. The van der Waals surface area contributed by atoms with Gasteiger partial charge >= 0.3 is 0 Å². The number of carbonyl (C=O) groups excluding carboxylic acids is 4. The Hall–Kier alpha value is -4.55. The fraction of sp³-hybridized carbons (Fsp3) is 0. The third kappa shape index (κ3) is 4.11. The molecule has 0 fully saturated rings. The minimum absolute atomic E-state index is 0.121. The SMILES string of the molecule is O=C(Cl)c1ccc(C(=O)Nc2ccc(Nc3ccccc3)c3c2C(=O)c2ccccc2C3=O)cc1. The van der Waals surface area contributed by atoms with Crippen LogP contribution in [0.15, 0.2) is 91.0 Å². The zero-order valence-electron chi connectivity index (χ0n) is 18.2. The average Bonchev–Trinajstić information content (AvgIpc) is 2.88. The summed E-state index contributed by atoms with van der Waals surface area (Å²) in [5.74, 6) is -1.16. The standard InChI is InChI=1S/C28H17ClN2O4/c29-27(34)16-10-12-17(13-11-16)28(35)31-22-15-14-21(30-18-6-2-1-3-7-18)23-24(22)26(33)20-9-5-4-8-19(20)25(23)32/h1-15,30H,(H,31,35). The molecular weight excluding hydrogens is 464 g/mol. The Balaban J connectivity index is 1.59. The number of benzene rings is 4. The van der Waals surface area contributed by atoms with Crippen molar-refractivity contribution in [2.24, 2.45) is 0 Å². The van der Waals surface area contributed by atoms with Gasteiger partial charge in [-0.1, -0.05) is 42.5 Å². The van der Waals surface area contributed by atoms with Gasteiger partial charge in [-0.05, 0) is 60.1 Å². The largest absolute Gasteiger partial charge is 0.355 e. The first kappa shape index (κ1) is 22.3. The van der Waals surface area contributed by atoms with Crippen molar-refractivity contribution in [3.8, 4) is 0 Å². The summed E-state index contributed by atoms with van der Waals surface area (Å²) in [5, 5.41) is 5.33. The molecule has 0 bridgehead atoms. The Kier molecular flexibility index (Phi) is 5.73. The van der Waals surface area contributed by atoms with Crippen LogP contribution in [0.1, 0.15) is 52.6 Å². The van der Waals surface area contributed by atoms with Gasteiger partial charge in [-0.2, -0.15) is 0 Å². The van der Waals surface area contributed by atoms with Crippen molar-refractivity contribution in [1.29, 1.82) is 0 Å². The quantitative estimate of drug-likeness (QED) is 0.308. The zero-order chi connectivity index (χ0) is 24.5. The summed E-state index contributed by atoms with van der Waals surface area (Å²) in [6.45, 7) is 0. The Morgan fingerprint density at radius 2 is 1.11 bits per heavy atom. The third-order valence-electron chi connectivity index (χ3n) is 5.75. The van der Waals surface area contributed by atoms with E-state index in [-0.39, 0.29) is 45.1 Å². The number of nitrogens with one attached hydrogen (secondary N) is 2. The van der Waals surface area contributed by atoms with Crippen LogP contribution in [-0.2, 0) is 0 Å². The molecule has 1 amide bonds. The van der Waals surface area contributed by atoms with Gasteiger partial charge in [-0.25, -0.2) is 0 Å². The van der Waals surface area contributed by atoms with Crippen LogP contribution in [0.25, 0.3) is 0 Å². The van der Waals surface area contributed by atoms with Crippen molar-refractivity contribution < 1.29 is 19.2 Å². The maximum Gasteiger partial charge on any atom is 0.255 e. The van der Waals surface area contributed by atoms with E-state index in [1.165, 1.54) is 24.3 Å². The molecule has 2 N–H and O–H groups in total. The number of amides is 1. The second-order valence-electron chi connectivity index (χ2n) is 7.91. The van der Waals surface area contributed by atoms with Crippen molar-refractivity contribution in [2.75, 3.05) is 10.6 Å². The van der Waals surface area contributed by atoms with Gasteiger partial charge in [0.2, 0.25) is 0 Å². The monoisotopic (exact) mass is 480 g/mol. The Labute approximate surface area is 205 Å². The fourth-order valence-corrected chi connectivity index (χ4v) is 4.18. The first-order valence-corrected chi connectivity index (χ1v) is 11.1. The van der Waals surface area contributed by atoms with Crippen LogP contribution >= 0.6 is 11.6 Å². The molecular formula is C28H17ClN2O4. The van der Waals surface area contributed by atoms with Crippen molar-refractivity contribution >= 4 is 51.4 Å². The lowest BCUT2D eigenvalue weighted by Crippen LogP contribution is -2.25. The molecule has 0 heterocycles. The van der Waals surface area contributed by atoms with Crippen LogP contribution in [-0.4, -0.2) is 22.7 Å². The highest BCUT2D eigenvalue weighted by molar-refractivity contribution is 6.67. The number of ketones is 2. The predicted octanol–water partition coefficient (Wildman–Crippen LogP) is 5.84. The number of rotatable bonds is 5. The summed E-state index contributed by atoms with van der Waals surface area (Å²) in [7, 11) is 0. The summed E-state index contributed by atoms with van der Waals surface area (Å²) in [6, 6.07) is 25.0. The molecule has 0 aliphatic heterocycles. The number of hydrogen-bond acceptors (Lipinski definition) is 5. The number of anilines is 3. The van der Waals surface area contributed by atoms with E-state index >= 15 is 0 Å². The highest BCUT2D eigenvalue weighted by Crippen LogP contribution is 2.37. The lowest BCUT2D eigenvalue weighted by Gasteiger charge is -2.23. The predicted molar refractivity (Wildman–Crippen MR) is 134 cm³/mol.